The van der Waals surface area contributed by atoms with E-state index in [1.165, 1.54) is 13.2 Å². The molecule has 0 aliphatic heterocycles. The van der Waals surface area contributed by atoms with Crippen molar-refractivity contribution in [3.63, 3.8) is 0 Å². The minimum Gasteiger partial charge on any atom is -0.494 e. The molecule has 0 aliphatic rings. The van der Waals surface area contributed by atoms with Crippen LogP contribution in [0, 0.1) is 11.7 Å². The highest BCUT2D eigenvalue weighted by molar-refractivity contribution is 5.30. The number of likely N-dealkylation sites (N-methyl/N-ethyl adjacent to an activating group) is 1. The molecule has 0 atom stereocenters. The van der Waals surface area contributed by atoms with Gasteiger partial charge in [0.15, 0.2) is 11.6 Å². The van der Waals surface area contributed by atoms with Crippen LogP contribution in [-0.2, 0) is 6.54 Å². The first-order valence-corrected chi connectivity index (χ1v) is 6.74. The van der Waals surface area contributed by atoms with Crippen molar-refractivity contribution in [2.45, 2.75) is 20.4 Å². The van der Waals surface area contributed by atoms with Crippen molar-refractivity contribution >= 4 is 0 Å². The minimum absolute atomic E-state index is 0.309. The van der Waals surface area contributed by atoms with Crippen molar-refractivity contribution in [2.75, 3.05) is 33.8 Å². The Hall–Kier alpha value is -1.13. The zero-order valence-corrected chi connectivity index (χ0v) is 12.4. The second kappa shape index (κ2) is 8.12. The predicted molar refractivity (Wildman–Crippen MR) is 77.0 cm³/mol. The maximum atomic E-state index is 13.3. The third-order valence-corrected chi connectivity index (χ3v) is 2.89. The highest BCUT2D eigenvalue weighted by Crippen LogP contribution is 2.18. The second-order valence-electron chi connectivity index (χ2n) is 5.30. The minimum atomic E-state index is -0.312. The zero-order chi connectivity index (χ0) is 14.3. The van der Waals surface area contributed by atoms with Gasteiger partial charge in [0.2, 0.25) is 0 Å². The second-order valence-corrected chi connectivity index (χ2v) is 5.30. The van der Waals surface area contributed by atoms with Crippen LogP contribution in [0.2, 0.25) is 0 Å². The molecule has 0 saturated heterocycles. The first kappa shape index (κ1) is 15.9. The first-order chi connectivity index (χ1) is 9.02. The molecule has 0 bridgehead atoms. The highest BCUT2D eigenvalue weighted by Gasteiger charge is 2.05. The number of hydrogen-bond acceptors (Lipinski definition) is 3. The van der Waals surface area contributed by atoms with Crippen LogP contribution in [0.4, 0.5) is 4.39 Å². The maximum absolute atomic E-state index is 13.3. The largest absolute Gasteiger partial charge is 0.494 e. The number of benzene rings is 1. The molecule has 108 valence electrons. The summed E-state index contributed by atoms with van der Waals surface area (Å²) >= 11 is 0. The Balaban J connectivity index is 2.37. The maximum Gasteiger partial charge on any atom is 0.165 e. The Morgan fingerprint density at radius 3 is 2.74 bits per heavy atom. The molecular weight excluding hydrogens is 243 g/mol. The van der Waals surface area contributed by atoms with E-state index in [0.29, 0.717) is 11.7 Å². The summed E-state index contributed by atoms with van der Waals surface area (Å²) in [5, 5.41) is 3.41. The number of halogens is 1. The van der Waals surface area contributed by atoms with Crippen LogP contribution in [0.15, 0.2) is 18.2 Å². The Morgan fingerprint density at radius 1 is 1.37 bits per heavy atom. The van der Waals surface area contributed by atoms with Crippen LogP contribution in [0.3, 0.4) is 0 Å². The Labute approximate surface area is 115 Å². The number of hydrogen-bond donors (Lipinski definition) is 1. The third-order valence-electron chi connectivity index (χ3n) is 2.89. The first-order valence-electron chi connectivity index (χ1n) is 6.74. The van der Waals surface area contributed by atoms with Crippen LogP contribution in [0.1, 0.15) is 19.4 Å². The van der Waals surface area contributed by atoms with Gasteiger partial charge in [0.1, 0.15) is 0 Å². The van der Waals surface area contributed by atoms with Gasteiger partial charge in [0, 0.05) is 19.6 Å². The lowest BCUT2D eigenvalue weighted by Gasteiger charge is -2.18. The van der Waals surface area contributed by atoms with Crippen LogP contribution in [-0.4, -0.2) is 38.7 Å². The fourth-order valence-electron chi connectivity index (χ4n) is 1.85. The van der Waals surface area contributed by atoms with Crippen LogP contribution < -0.4 is 10.1 Å². The summed E-state index contributed by atoms with van der Waals surface area (Å²) in [5.74, 6) is 0.669. The van der Waals surface area contributed by atoms with E-state index < -0.39 is 0 Å². The quantitative estimate of drug-likeness (QED) is 0.733. The Morgan fingerprint density at radius 2 is 2.11 bits per heavy atom. The van der Waals surface area contributed by atoms with E-state index in [2.05, 4.69) is 31.1 Å². The van der Waals surface area contributed by atoms with Crippen molar-refractivity contribution in [3.05, 3.63) is 29.6 Å². The molecule has 4 heteroatoms. The van der Waals surface area contributed by atoms with Crippen molar-refractivity contribution in [1.29, 1.82) is 0 Å². The van der Waals surface area contributed by atoms with Gasteiger partial charge >= 0.3 is 0 Å². The summed E-state index contributed by atoms with van der Waals surface area (Å²) in [6.07, 6.45) is 0. The number of rotatable bonds is 8. The lowest BCUT2D eigenvalue weighted by molar-refractivity contribution is 0.320. The molecule has 0 spiro atoms. The van der Waals surface area contributed by atoms with Gasteiger partial charge in [-0.15, -0.1) is 0 Å². The number of nitrogens with zero attached hydrogens (tertiary/aromatic N) is 1. The fourth-order valence-corrected chi connectivity index (χ4v) is 1.85. The lowest BCUT2D eigenvalue weighted by atomic mass is 10.2. The molecule has 0 aromatic heterocycles. The smallest absolute Gasteiger partial charge is 0.165 e. The summed E-state index contributed by atoms with van der Waals surface area (Å²) in [6.45, 7) is 8.15. The summed E-state index contributed by atoms with van der Waals surface area (Å²) in [5.41, 5.74) is 1.06. The molecule has 1 aromatic carbocycles. The van der Waals surface area contributed by atoms with Gasteiger partial charge in [-0.1, -0.05) is 19.9 Å². The van der Waals surface area contributed by atoms with Gasteiger partial charge in [-0.25, -0.2) is 4.39 Å². The molecule has 0 aliphatic carbocycles. The SMILES string of the molecule is COc1cc(CN(C)CCNCC(C)C)ccc1F. The number of methoxy groups -OCH3 is 1. The fraction of sp³-hybridized carbons (Fsp3) is 0.600. The van der Waals surface area contributed by atoms with E-state index in [0.717, 1.165) is 31.7 Å². The van der Waals surface area contributed by atoms with Crippen LogP contribution in [0.25, 0.3) is 0 Å². The standard InChI is InChI=1S/C15H25FN2O/c1-12(2)10-17-7-8-18(3)11-13-5-6-14(16)15(9-13)19-4/h5-6,9,12,17H,7-8,10-11H2,1-4H3. The van der Waals surface area contributed by atoms with Gasteiger partial charge in [0.25, 0.3) is 0 Å². The molecule has 1 rings (SSSR count). The molecular formula is C15H25FN2O. The van der Waals surface area contributed by atoms with E-state index in [1.54, 1.807) is 12.1 Å². The van der Waals surface area contributed by atoms with E-state index in [9.17, 15) is 4.39 Å². The summed E-state index contributed by atoms with van der Waals surface area (Å²) < 4.78 is 18.3. The Bertz CT molecular complexity index is 382. The van der Waals surface area contributed by atoms with Crippen LogP contribution in [0.5, 0.6) is 5.75 Å². The van der Waals surface area contributed by atoms with Crippen LogP contribution >= 0.6 is 0 Å². The molecule has 3 nitrogen and oxygen atoms in total. The zero-order valence-electron chi connectivity index (χ0n) is 12.4. The van der Waals surface area contributed by atoms with E-state index in [4.69, 9.17) is 4.74 Å². The monoisotopic (exact) mass is 268 g/mol. The molecule has 0 amide bonds. The highest BCUT2D eigenvalue weighted by atomic mass is 19.1. The van der Waals surface area contributed by atoms with Crippen molar-refractivity contribution in [3.8, 4) is 5.75 Å². The van der Waals surface area contributed by atoms with E-state index >= 15 is 0 Å². The Kier molecular flexibility index (Phi) is 6.81. The topological polar surface area (TPSA) is 24.5 Å². The van der Waals surface area contributed by atoms with Gasteiger partial charge in [-0.3, -0.25) is 0 Å². The van der Waals surface area contributed by atoms with E-state index in [-0.39, 0.29) is 5.82 Å². The van der Waals surface area contributed by atoms with Gasteiger partial charge in [0.05, 0.1) is 7.11 Å². The molecule has 0 saturated carbocycles. The van der Waals surface area contributed by atoms with Gasteiger partial charge in [-0.2, -0.15) is 0 Å². The molecule has 1 aromatic rings. The molecule has 0 radical (unpaired) electrons. The van der Waals surface area contributed by atoms with Crippen molar-refractivity contribution in [2.24, 2.45) is 5.92 Å². The molecule has 0 fully saturated rings. The summed E-state index contributed by atoms with van der Waals surface area (Å²) in [6, 6.07) is 5.02. The summed E-state index contributed by atoms with van der Waals surface area (Å²) in [7, 11) is 3.55. The summed E-state index contributed by atoms with van der Waals surface area (Å²) in [4.78, 5) is 2.21. The van der Waals surface area contributed by atoms with Crippen molar-refractivity contribution < 1.29 is 9.13 Å². The van der Waals surface area contributed by atoms with Gasteiger partial charge < -0.3 is 15.0 Å². The molecule has 1 N–H and O–H groups in total. The van der Waals surface area contributed by atoms with Gasteiger partial charge in [-0.05, 0) is 37.2 Å². The number of nitrogens with one attached hydrogen (secondary N) is 1. The number of ether oxygens (including phenoxy) is 1. The normalized spacial score (nSPS) is 11.3. The van der Waals surface area contributed by atoms with Crippen molar-refractivity contribution in [1.82, 2.24) is 10.2 Å². The third kappa shape index (κ3) is 6.03. The molecule has 19 heavy (non-hydrogen) atoms. The predicted octanol–water partition coefficient (Wildman–Crippen LogP) is 2.51. The molecule has 0 heterocycles. The van der Waals surface area contributed by atoms with E-state index in [1.807, 2.05) is 0 Å². The average Bonchev–Trinajstić information content (AvgIpc) is 2.37. The molecule has 0 unspecified atom stereocenters. The average molecular weight is 268 g/mol. The lowest BCUT2D eigenvalue weighted by Crippen LogP contribution is -2.30.